The predicted octanol–water partition coefficient (Wildman–Crippen LogP) is 4.09. The summed E-state index contributed by atoms with van der Waals surface area (Å²) in [6.07, 6.45) is 3.66. The van der Waals surface area contributed by atoms with Gasteiger partial charge in [-0.15, -0.1) is 0 Å². The van der Waals surface area contributed by atoms with Crippen LogP contribution < -0.4 is 14.2 Å². The van der Waals surface area contributed by atoms with Crippen LogP contribution in [0.15, 0.2) is 48.5 Å². The largest absolute Gasteiger partial charge is 0.490 e. The van der Waals surface area contributed by atoms with Gasteiger partial charge in [0.15, 0.2) is 17.6 Å². The summed E-state index contributed by atoms with van der Waals surface area (Å²) in [7, 11) is 0. The highest BCUT2D eigenvalue weighted by Gasteiger charge is 2.21. The Morgan fingerprint density at radius 1 is 1.08 bits per heavy atom. The second-order valence-electron chi connectivity index (χ2n) is 6.41. The van der Waals surface area contributed by atoms with Crippen LogP contribution >= 0.6 is 0 Å². The van der Waals surface area contributed by atoms with Gasteiger partial charge in [-0.05, 0) is 49.1 Å². The first-order chi connectivity index (χ1) is 12.7. The van der Waals surface area contributed by atoms with E-state index >= 15 is 0 Å². The van der Waals surface area contributed by atoms with Crippen LogP contribution in [0.1, 0.15) is 31.2 Å². The van der Waals surface area contributed by atoms with Crippen molar-refractivity contribution in [2.45, 2.75) is 38.2 Å². The molecule has 1 aliphatic rings. The maximum Gasteiger partial charge on any atom is 0.303 e. The fourth-order valence-corrected chi connectivity index (χ4v) is 2.91. The third kappa shape index (κ3) is 5.41. The quantitative estimate of drug-likeness (QED) is 0.686. The van der Waals surface area contributed by atoms with E-state index in [-0.39, 0.29) is 12.5 Å². The third-order valence-electron chi connectivity index (χ3n) is 4.26. The van der Waals surface area contributed by atoms with E-state index in [1.807, 2.05) is 42.5 Å². The number of rotatable bonds is 9. The molecule has 0 aromatic heterocycles. The van der Waals surface area contributed by atoms with Crippen molar-refractivity contribution in [3.8, 4) is 17.2 Å². The smallest absolute Gasteiger partial charge is 0.303 e. The zero-order valence-electron chi connectivity index (χ0n) is 14.7. The minimum absolute atomic E-state index is 0.135. The van der Waals surface area contributed by atoms with Crippen molar-refractivity contribution in [2.24, 2.45) is 0 Å². The highest BCUT2D eigenvalue weighted by Crippen LogP contribution is 2.31. The highest BCUT2D eigenvalue weighted by molar-refractivity contribution is 5.66. The average molecular weight is 356 g/mol. The molecule has 3 rings (SSSR count). The van der Waals surface area contributed by atoms with Crippen molar-refractivity contribution in [3.63, 3.8) is 0 Å². The van der Waals surface area contributed by atoms with E-state index in [9.17, 15) is 4.79 Å². The molecule has 0 saturated heterocycles. The molecule has 1 atom stereocenters. The lowest BCUT2D eigenvalue weighted by Gasteiger charge is -2.26. The number of fused-ring (bicyclic) bond motifs is 1. The monoisotopic (exact) mass is 356 g/mol. The Morgan fingerprint density at radius 3 is 2.77 bits per heavy atom. The van der Waals surface area contributed by atoms with E-state index < -0.39 is 5.97 Å². The van der Waals surface area contributed by atoms with Gasteiger partial charge in [-0.25, -0.2) is 0 Å². The van der Waals surface area contributed by atoms with E-state index in [2.05, 4.69) is 6.07 Å². The first kappa shape index (κ1) is 18.1. The molecular formula is C21H24O5. The zero-order valence-corrected chi connectivity index (χ0v) is 14.7. The maximum atomic E-state index is 10.5. The Kier molecular flexibility index (Phi) is 6.36. The molecule has 0 aliphatic carbocycles. The van der Waals surface area contributed by atoms with Gasteiger partial charge in [0.05, 0.1) is 0 Å². The summed E-state index contributed by atoms with van der Waals surface area (Å²) < 4.78 is 17.5. The van der Waals surface area contributed by atoms with Gasteiger partial charge in [0.1, 0.15) is 19.0 Å². The number of hydrogen-bond acceptors (Lipinski definition) is 4. The van der Waals surface area contributed by atoms with E-state index in [1.54, 1.807) is 0 Å². The van der Waals surface area contributed by atoms with Gasteiger partial charge in [0.2, 0.25) is 0 Å². The zero-order chi connectivity index (χ0) is 18.2. The molecule has 1 heterocycles. The number of carbonyl (C=O) groups is 1. The van der Waals surface area contributed by atoms with Gasteiger partial charge in [-0.3, -0.25) is 4.79 Å². The van der Waals surface area contributed by atoms with E-state index in [4.69, 9.17) is 19.3 Å². The molecular weight excluding hydrogens is 332 g/mol. The lowest BCUT2D eigenvalue weighted by Crippen LogP contribution is -2.34. The molecule has 5 heteroatoms. The van der Waals surface area contributed by atoms with Crippen molar-refractivity contribution in [1.82, 2.24) is 0 Å². The van der Waals surface area contributed by atoms with Crippen LogP contribution in [0.2, 0.25) is 0 Å². The van der Waals surface area contributed by atoms with Gasteiger partial charge >= 0.3 is 5.97 Å². The van der Waals surface area contributed by atoms with E-state index in [0.29, 0.717) is 13.2 Å². The molecule has 0 saturated carbocycles. The summed E-state index contributed by atoms with van der Waals surface area (Å²) in [5, 5.41) is 8.65. The molecule has 1 unspecified atom stereocenters. The number of carboxylic acid groups (broad SMARTS) is 1. The highest BCUT2D eigenvalue weighted by atomic mass is 16.6. The van der Waals surface area contributed by atoms with Crippen LogP contribution in [-0.2, 0) is 11.2 Å². The Balaban J connectivity index is 1.43. The molecule has 26 heavy (non-hydrogen) atoms. The van der Waals surface area contributed by atoms with Crippen molar-refractivity contribution in [2.75, 3.05) is 13.2 Å². The number of aryl methyl sites for hydroxylation is 1. The lowest BCUT2D eigenvalue weighted by molar-refractivity contribution is -0.137. The lowest BCUT2D eigenvalue weighted by atomic mass is 10.1. The number of ether oxygens (including phenoxy) is 3. The number of unbranched alkanes of at least 4 members (excludes halogenated alkanes) is 2. The number of aliphatic carboxylic acids is 1. The molecule has 0 amide bonds. The maximum absolute atomic E-state index is 10.5. The molecule has 138 valence electrons. The van der Waals surface area contributed by atoms with E-state index in [1.165, 1.54) is 5.56 Å². The van der Waals surface area contributed by atoms with Crippen molar-refractivity contribution >= 4 is 5.97 Å². The molecule has 0 spiro atoms. The minimum Gasteiger partial charge on any atom is -0.490 e. The summed E-state index contributed by atoms with van der Waals surface area (Å²) in [4.78, 5) is 10.5. The van der Waals surface area contributed by atoms with Gasteiger partial charge in [-0.1, -0.05) is 30.7 Å². The van der Waals surface area contributed by atoms with Crippen molar-refractivity contribution < 1.29 is 24.1 Å². The van der Waals surface area contributed by atoms with Gasteiger partial charge in [-0.2, -0.15) is 0 Å². The SMILES string of the molecule is O=C(O)CCCCCc1cccc(OCC2COc3ccccc3O2)c1. The fraction of sp³-hybridized carbons (Fsp3) is 0.381. The summed E-state index contributed by atoms with van der Waals surface area (Å²) in [5.74, 6) is 1.61. The van der Waals surface area contributed by atoms with Crippen molar-refractivity contribution in [3.05, 3.63) is 54.1 Å². The molecule has 5 nitrogen and oxygen atoms in total. The fourth-order valence-electron chi connectivity index (χ4n) is 2.91. The molecule has 0 fully saturated rings. The normalized spacial score (nSPS) is 15.5. The number of benzene rings is 2. The molecule has 1 aliphatic heterocycles. The Labute approximate surface area is 153 Å². The summed E-state index contributed by atoms with van der Waals surface area (Å²) in [6.45, 7) is 0.899. The van der Waals surface area contributed by atoms with Crippen LogP contribution in [0, 0.1) is 0 Å². The average Bonchev–Trinajstić information content (AvgIpc) is 2.66. The minimum atomic E-state index is -0.725. The molecule has 0 bridgehead atoms. The van der Waals surface area contributed by atoms with Crippen LogP contribution in [0.25, 0.3) is 0 Å². The second-order valence-corrected chi connectivity index (χ2v) is 6.41. The van der Waals surface area contributed by atoms with Gasteiger partial charge < -0.3 is 19.3 Å². The van der Waals surface area contributed by atoms with Crippen LogP contribution in [0.5, 0.6) is 17.2 Å². The third-order valence-corrected chi connectivity index (χ3v) is 4.26. The second kappa shape index (κ2) is 9.13. The molecule has 1 N–H and O–H groups in total. The van der Waals surface area contributed by atoms with Gasteiger partial charge in [0.25, 0.3) is 0 Å². The number of hydrogen-bond donors (Lipinski definition) is 1. The summed E-state index contributed by atoms with van der Waals surface area (Å²) in [6, 6.07) is 15.7. The Hall–Kier alpha value is -2.69. The van der Waals surface area contributed by atoms with E-state index in [0.717, 1.165) is 42.9 Å². The molecule has 2 aromatic carbocycles. The Morgan fingerprint density at radius 2 is 1.92 bits per heavy atom. The van der Waals surface area contributed by atoms with Crippen LogP contribution in [0.4, 0.5) is 0 Å². The first-order valence-electron chi connectivity index (χ1n) is 9.03. The standard InChI is InChI=1S/C21H24O5/c22-21(23)12-3-1-2-7-16-8-6-9-17(13-16)24-14-18-15-25-19-10-4-5-11-20(19)26-18/h4-6,8-11,13,18H,1-3,7,12,14-15H2,(H,22,23). The Bertz CT molecular complexity index is 728. The summed E-state index contributed by atoms with van der Waals surface area (Å²) in [5.41, 5.74) is 1.20. The molecule has 2 aromatic rings. The van der Waals surface area contributed by atoms with Gasteiger partial charge in [0, 0.05) is 6.42 Å². The predicted molar refractivity (Wildman–Crippen MR) is 98.1 cm³/mol. The number of para-hydroxylation sites is 2. The van der Waals surface area contributed by atoms with Crippen molar-refractivity contribution in [1.29, 1.82) is 0 Å². The van der Waals surface area contributed by atoms with Crippen LogP contribution in [-0.4, -0.2) is 30.4 Å². The number of carboxylic acids is 1. The molecule has 0 radical (unpaired) electrons. The topological polar surface area (TPSA) is 65.0 Å². The first-order valence-corrected chi connectivity index (χ1v) is 9.03. The summed E-state index contributed by atoms with van der Waals surface area (Å²) >= 11 is 0. The van der Waals surface area contributed by atoms with Crippen LogP contribution in [0.3, 0.4) is 0 Å².